The highest BCUT2D eigenvalue weighted by atomic mass is 16.2. The highest BCUT2D eigenvalue weighted by molar-refractivity contribution is 5.94. The van der Waals surface area contributed by atoms with Crippen LogP contribution >= 0.6 is 0 Å². The number of amides is 1. The third-order valence-corrected chi connectivity index (χ3v) is 4.15. The van der Waals surface area contributed by atoms with Gasteiger partial charge in [-0.1, -0.05) is 60.7 Å². The number of rotatable bonds is 3. The number of hydrogen-bond acceptors (Lipinski definition) is 2. The molecule has 4 rings (SSSR count). The molecule has 0 saturated carbocycles. The Labute approximate surface area is 135 Å². The zero-order valence-electron chi connectivity index (χ0n) is 12.7. The smallest absolute Gasteiger partial charge is 0.272 e. The predicted molar refractivity (Wildman–Crippen MR) is 88.8 cm³/mol. The Balaban J connectivity index is 1.60. The first-order valence-electron chi connectivity index (χ1n) is 7.78. The summed E-state index contributed by atoms with van der Waals surface area (Å²) in [6.07, 6.45) is 0. The van der Waals surface area contributed by atoms with E-state index in [9.17, 15) is 4.79 Å². The van der Waals surface area contributed by atoms with E-state index in [1.807, 2.05) is 64.2 Å². The summed E-state index contributed by atoms with van der Waals surface area (Å²) in [7, 11) is 0. The molecule has 0 bridgehead atoms. The lowest BCUT2D eigenvalue weighted by atomic mass is 10.1. The molecule has 0 fully saturated rings. The first-order valence-corrected chi connectivity index (χ1v) is 7.78. The van der Waals surface area contributed by atoms with E-state index in [1.54, 1.807) is 0 Å². The minimum Gasteiger partial charge on any atom is -0.331 e. The van der Waals surface area contributed by atoms with Crippen molar-refractivity contribution in [3.8, 4) is 11.3 Å². The second-order valence-electron chi connectivity index (χ2n) is 5.72. The van der Waals surface area contributed by atoms with Crippen LogP contribution in [-0.2, 0) is 13.1 Å². The molecule has 1 aliphatic rings. The van der Waals surface area contributed by atoms with Gasteiger partial charge in [0.1, 0.15) is 5.69 Å². The lowest BCUT2D eigenvalue weighted by molar-refractivity contribution is 0.0683. The van der Waals surface area contributed by atoms with Crippen molar-refractivity contribution in [2.45, 2.75) is 13.1 Å². The molecule has 0 radical (unpaired) electrons. The highest BCUT2D eigenvalue weighted by Crippen LogP contribution is 2.22. The Morgan fingerprint density at radius 3 is 2.35 bits per heavy atom. The standard InChI is InChI=1S/C19H17N3O/c23-19-18-13-17(16-9-5-2-6-10-16)20-22(18)12-11-21(19)14-15-7-3-1-4-8-15/h1-10,13H,11-12,14H2. The SMILES string of the molecule is O=C1c2cc(-c3ccccc3)nn2CCN1Cc1ccccc1. The fourth-order valence-corrected chi connectivity index (χ4v) is 2.94. The van der Waals surface area contributed by atoms with Crippen molar-refractivity contribution in [3.63, 3.8) is 0 Å². The van der Waals surface area contributed by atoms with Crippen LogP contribution in [0.2, 0.25) is 0 Å². The van der Waals surface area contributed by atoms with E-state index < -0.39 is 0 Å². The van der Waals surface area contributed by atoms with Crippen molar-refractivity contribution in [1.29, 1.82) is 0 Å². The van der Waals surface area contributed by atoms with Crippen LogP contribution in [0.5, 0.6) is 0 Å². The summed E-state index contributed by atoms with van der Waals surface area (Å²) < 4.78 is 1.83. The lowest BCUT2D eigenvalue weighted by Gasteiger charge is -2.27. The van der Waals surface area contributed by atoms with E-state index in [4.69, 9.17) is 0 Å². The van der Waals surface area contributed by atoms with Gasteiger partial charge in [-0.15, -0.1) is 0 Å². The fraction of sp³-hybridized carbons (Fsp3) is 0.158. The number of fused-ring (bicyclic) bond motifs is 1. The van der Waals surface area contributed by atoms with Gasteiger partial charge in [-0.25, -0.2) is 0 Å². The number of nitrogens with zero attached hydrogens (tertiary/aromatic N) is 3. The molecule has 114 valence electrons. The Bertz CT molecular complexity index is 824. The second-order valence-corrected chi connectivity index (χ2v) is 5.72. The zero-order chi connectivity index (χ0) is 15.6. The van der Waals surface area contributed by atoms with Crippen LogP contribution in [0.1, 0.15) is 16.1 Å². The molecule has 1 aliphatic heterocycles. The fourth-order valence-electron chi connectivity index (χ4n) is 2.94. The van der Waals surface area contributed by atoms with Gasteiger partial charge in [-0.05, 0) is 11.6 Å². The molecule has 0 saturated heterocycles. The number of carbonyl (C=O) groups excluding carboxylic acids is 1. The number of aromatic nitrogens is 2. The Morgan fingerprint density at radius 1 is 0.913 bits per heavy atom. The van der Waals surface area contributed by atoms with Gasteiger partial charge in [-0.3, -0.25) is 9.48 Å². The van der Waals surface area contributed by atoms with Crippen molar-refractivity contribution in [2.75, 3.05) is 6.54 Å². The molecule has 1 aromatic heterocycles. The minimum atomic E-state index is 0.0507. The second kappa shape index (κ2) is 5.72. The average molecular weight is 303 g/mol. The van der Waals surface area contributed by atoms with Crippen molar-refractivity contribution >= 4 is 5.91 Å². The van der Waals surface area contributed by atoms with Crippen LogP contribution in [0.25, 0.3) is 11.3 Å². The maximum atomic E-state index is 12.7. The third-order valence-electron chi connectivity index (χ3n) is 4.15. The predicted octanol–water partition coefficient (Wildman–Crippen LogP) is 3.21. The molecular weight excluding hydrogens is 286 g/mol. The lowest BCUT2D eigenvalue weighted by Crippen LogP contribution is -2.39. The summed E-state index contributed by atoms with van der Waals surface area (Å²) in [6.45, 7) is 2.07. The average Bonchev–Trinajstić information content (AvgIpc) is 3.04. The number of benzene rings is 2. The first-order chi connectivity index (χ1) is 11.3. The molecule has 0 unspecified atom stereocenters. The zero-order valence-corrected chi connectivity index (χ0v) is 12.7. The van der Waals surface area contributed by atoms with Crippen molar-refractivity contribution in [3.05, 3.63) is 78.0 Å². The largest absolute Gasteiger partial charge is 0.331 e. The molecule has 2 aromatic carbocycles. The quantitative estimate of drug-likeness (QED) is 0.745. The molecule has 0 atom stereocenters. The van der Waals surface area contributed by atoms with Crippen LogP contribution in [0, 0.1) is 0 Å². The summed E-state index contributed by atoms with van der Waals surface area (Å²) in [5, 5.41) is 4.58. The normalized spacial score (nSPS) is 13.9. The summed E-state index contributed by atoms with van der Waals surface area (Å²) in [4.78, 5) is 14.6. The highest BCUT2D eigenvalue weighted by Gasteiger charge is 2.26. The topological polar surface area (TPSA) is 38.1 Å². The maximum Gasteiger partial charge on any atom is 0.272 e. The molecule has 0 aliphatic carbocycles. The van der Waals surface area contributed by atoms with Crippen LogP contribution in [0.15, 0.2) is 66.7 Å². The molecule has 0 spiro atoms. The molecular formula is C19H17N3O. The molecule has 0 N–H and O–H groups in total. The van der Waals surface area contributed by atoms with E-state index in [-0.39, 0.29) is 5.91 Å². The van der Waals surface area contributed by atoms with Gasteiger partial charge in [0.2, 0.25) is 0 Å². The molecule has 1 amide bonds. The van der Waals surface area contributed by atoms with E-state index >= 15 is 0 Å². The number of carbonyl (C=O) groups is 1. The van der Waals surface area contributed by atoms with Gasteiger partial charge in [0, 0.05) is 18.7 Å². The molecule has 4 nitrogen and oxygen atoms in total. The van der Waals surface area contributed by atoms with E-state index in [1.165, 1.54) is 0 Å². The van der Waals surface area contributed by atoms with E-state index in [2.05, 4.69) is 17.2 Å². The Hall–Kier alpha value is -2.88. The summed E-state index contributed by atoms with van der Waals surface area (Å²) in [6, 6.07) is 22.0. The maximum absolute atomic E-state index is 12.7. The van der Waals surface area contributed by atoms with Gasteiger partial charge in [-0.2, -0.15) is 5.10 Å². The summed E-state index contributed by atoms with van der Waals surface area (Å²) in [5.74, 6) is 0.0507. The van der Waals surface area contributed by atoms with Gasteiger partial charge in [0.15, 0.2) is 0 Å². The van der Waals surface area contributed by atoms with Gasteiger partial charge in [0.25, 0.3) is 5.91 Å². The Morgan fingerprint density at radius 2 is 1.61 bits per heavy atom. The molecule has 4 heteroatoms. The van der Waals surface area contributed by atoms with E-state index in [0.29, 0.717) is 18.8 Å². The Kier molecular flexibility index (Phi) is 3.42. The van der Waals surface area contributed by atoms with Gasteiger partial charge in [0.05, 0.1) is 12.2 Å². The monoisotopic (exact) mass is 303 g/mol. The summed E-state index contributed by atoms with van der Waals surface area (Å²) in [5.41, 5.74) is 3.72. The van der Waals surface area contributed by atoms with Gasteiger partial charge < -0.3 is 4.90 Å². The third kappa shape index (κ3) is 2.63. The van der Waals surface area contributed by atoms with Gasteiger partial charge >= 0.3 is 0 Å². The first kappa shape index (κ1) is 13.8. The van der Waals surface area contributed by atoms with Crippen molar-refractivity contribution in [2.24, 2.45) is 0 Å². The molecule has 2 heterocycles. The van der Waals surface area contributed by atoms with Crippen LogP contribution in [0.3, 0.4) is 0 Å². The minimum absolute atomic E-state index is 0.0507. The van der Waals surface area contributed by atoms with Crippen molar-refractivity contribution < 1.29 is 4.79 Å². The van der Waals surface area contributed by atoms with Crippen LogP contribution in [0.4, 0.5) is 0 Å². The summed E-state index contributed by atoms with van der Waals surface area (Å²) >= 11 is 0. The molecule has 23 heavy (non-hydrogen) atoms. The van der Waals surface area contributed by atoms with Crippen LogP contribution < -0.4 is 0 Å². The number of hydrogen-bond donors (Lipinski definition) is 0. The van der Waals surface area contributed by atoms with E-state index in [0.717, 1.165) is 23.4 Å². The van der Waals surface area contributed by atoms with Crippen molar-refractivity contribution in [1.82, 2.24) is 14.7 Å². The van der Waals surface area contributed by atoms with Crippen LogP contribution in [-0.4, -0.2) is 27.1 Å². The molecule has 3 aromatic rings.